The molecule has 0 aliphatic carbocycles. The Hall–Kier alpha value is -3.55. The SMILES string of the molecule is CCCCCCCCCCCCn1nnc(N(N=CC(=O)Nc2c(C(C)C)cccc2C(C)C)c2ccccc2)n1. The first kappa shape index (κ1) is 32.0. The molecule has 0 atom stereocenters. The van der Waals surface area contributed by atoms with E-state index in [1.54, 1.807) is 9.81 Å². The van der Waals surface area contributed by atoms with Gasteiger partial charge in [-0.3, -0.25) is 4.79 Å². The van der Waals surface area contributed by atoms with Gasteiger partial charge in [0.2, 0.25) is 0 Å². The van der Waals surface area contributed by atoms with E-state index < -0.39 is 0 Å². The highest BCUT2D eigenvalue weighted by molar-refractivity contribution is 6.32. The maximum absolute atomic E-state index is 13.1. The largest absolute Gasteiger partial charge is 0.321 e. The summed E-state index contributed by atoms with van der Waals surface area (Å²) in [7, 11) is 0. The first-order chi connectivity index (χ1) is 19.9. The molecule has 0 aliphatic heterocycles. The van der Waals surface area contributed by atoms with Gasteiger partial charge in [-0.15, -0.1) is 5.10 Å². The van der Waals surface area contributed by atoms with Gasteiger partial charge < -0.3 is 5.32 Å². The van der Waals surface area contributed by atoms with Crippen LogP contribution in [-0.4, -0.2) is 32.3 Å². The Kier molecular flexibility index (Phi) is 13.5. The van der Waals surface area contributed by atoms with E-state index in [-0.39, 0.29) is 17.7 Å². The van der Waals surface area contributed by atoms with E-state index in [1.165, 1.54) is 57.6 Å². The van der Waals surface area contributed by atoms with Crippen LogP contribution < -0.4 is 10.3 Å². The van der Waals surface area contributed by atoms with Gasteiger partial charge in [-0.05, 0) is 46.7 Å². The molecule has 0 spiro atoms. The number of aryl methyl sites for hydroxylation is 1. The van der Waals surface area contributed by atoms with Gasteiger partial charge in [0.25, 0.3) is 11.9 Å². The number of aromatic nitrogens is 4. The minimum absolute atomic E-state index is 0.275. The number of nitrogens with zero attached hydrogens (tertiary/aromatic N) is 6. The van der Waals surface area contributed by atoms with Crippen molar-refractivity contribution in [2.45, 2.75) is 117 Å². The molecule has 0 unspecified atom stereocenters. The molecule has 0 bridgehead atoms. The van der Waals surface area contributed by atoms with Crippen LogP contribution in [0.3, 0.4) is 0 Å². The van der Waals surface area contributed by atoms with E-state index in [2.05, 4.69) is 78.6 Å². The maximum atomic E-state index is 13.1. The van der Waals surface area contributed by atoms with Gasteiger partial charge in [0.1, 0.15) is 6.21 Å². The lowest BCUT2D eigenvalue weighted by atomic mass is 9.92. The van der Waals surface area contributed by atoms with Crippen molar-refractivity contribution in [2.24, 2.45) is 5.10 Å². The number of unbranched alkanes of at least 4 members (excludes halogenated alkanes) is 9. The van der Waals surface area contributed by atoms with Crippen LogP contribution in [0.1, 0.15) is 122 Å². The zero-order chi connectivity index (χ0) is 29.5. The second-order valence-electron chi connectivity index (χ2n) is 11.4. The average molecular weight is 560 g/mol. The van der Waals surface area contributed by atoms with Gasteiger partial charge in [0.05, 0.1) is 12.2 Å². The smallest absolute Gasteiger partial charge is 0.290 e. The van der Waals surface area contributed by atoms with Gasteiger partial charge in [-0.1, -0.05) is 134 Å². The van der Waals surface area contributed by atoms with Crippen LogP contribution in [-0.2, 0) is 11.3 Å². The molecule has 0 radical (unpaired) electrons. The summed E-state index contributed by atoms with van der Waals surface area (Å²) in [4.78, 5) is 14.7. The monoisotopic (exact) mass is 559 g/mol. The lowest BCUT2D eigenvalue weighted by molar-refractivity contribution is -0.110. The van der Waals surface area contributed by atoms with Crippen molar-refractivity contribution < 1.29 is 4.79 Å². The molecule has 1 aromatic heterocycles. The number of amides is 1. The minimum Gasteiger partial charge on any atom is -0.321 e. The second kappa shape index (κ2) is 17.3. The number of nitrogens with one attached hydrogen (secondary N) is 1. The molecule has 3 aromatic rings. The predicted molar refractivity (Wildman–Crippen MR) is 170 cm³/mol. The minimum atomic E-state index is -0.307. The Morgan fingerprint density at radius 3 is 2.02 bits per heavy atom. The summed E-state index contributed by atoms with van der Waals surface area (Å²) in [5.74, 6) is 0.574. The number of rotatable bonds is 18. The molecular formula is C33H49N7O. The Labute approximate surface area is 246 Å². The van der Waals surface area contributed by atoms with E-state index in [0.29, 0.717) is 12.5 Å². The molecule has 0 saturated carbocycles. The fourth-order valence-electron chi connectivity index (χ4n) is 4.92. The van der Waals surface area contributed by atoms with Crippen LogP contribution in [0.25, 0.3) is 0 Å². The molecule has 2 aromatic carbocycles. The summed E-state index contributed by atoms with van der Waals surface area (Å²) in [6.45, 7) is 11.5. The molecule has 0 saturated heterocycles. The summed E-state index contributed by atoms with van der Waals surface area (Å²) in [6.07, 6.45) is 14.1. The van der Waals surface area contributed by atoms with Gasteiger partial charge >= 0.3 is 0 Å². The molecular weight excluding hydrogens is 510 g/mol. The average Bonchev–Trinajstić information content (AvgIpc) is 3.43. The van der Waals surface area contributed by atoms with Crippen molar-refractivity contribution in [2.75, 3.05) is 10.3 Å². The Balaban J connectivity index is 1.62. The van der Waals surface area contributed by atoms with Gasteiger partial charge in [0, 0.05) is 5.69 Å². The quantitative estimate of drug-likeness (QED) is 0.0957. The molecule has 0 aliphatic rings. The fourth-order valence-corrected chi connectivity index (χ4v) is 4.92. The van der Waals surface area contributed by atoms with Crippen LogP contribution in [0.2, 0.25) is 0 Å². The highest BCUT2D eigenvalue weighted by atomic mass is 16.1. The lowest BCUT2D eigenvalue weighted by Gasteiger charge is -2.19. The van der Waals surface area contributed by atoms with Crippen molar-refractivity contribution >= 4 is 29.4 Å². The standard InChI is InChI=1S/C33H49N7O/c1-6-7-8-9-10-11-12-13-14-18-24-39-37-33(36-38-39)40(28-20-16-15-17-21-28)34-25-31(41)35-32-29(26(2)3)22-19-23-30(32)27(4)5/h15-17,19-23,25-27H,6-14,18,24H2,1-5H3,(H,35,41). The summed E-state index contributed by atoms with van der Waals surface area (Å²) < 4.78 is 0. The lowest BCUT2D eigenvalue weighted by Crippen LogP contribution is -2.19. The van der Waals surface area contributed by atoms with Crippen LogP contribution >= 0.6 is 0 Å². The van der Waals surface area contributed by atoms with E-state index in [4.69, 9.17) is 0 Å². The molecule has 8 heteroatoms. The zero-order valence-electron chi connectivity index (χ0n) is 25.7. The molecule has 222 valence electrons. The molecule has 1 heterocycles. The van der Waals surface area contributed by atoms with E-state index >= 15 is 0 Å². The topological polar surface area (TPSA) is 88.3 Å². The highest BCUT2D eigenvalue weighted by Gasteiger charge is 2.17. The third-order valence-corrected chi connectivity index (χ3v) is 7.26. The molecule has 1 amide bonds. The summed E-state index contributed by atoms with van der Waals surface area (Å²) >= 11 is 0. The Bertz CT molecular complexity index is 1180. The Morgan fingerprint density at radius 2 is 1.44 bits per heavy atom. The normalized spacial score (nSPS) is 11.6. The van der Waals surface area contributed by atoms with E-state index in [1.807, 2.05) is 30.3 Å². The number of hydrogen-bond acceptors (Lipinski definition) is 6. The predicted octanol–water partition coefficient (Wildman–Crippen LogP) is 8.60. The summed E-state index contributed by atoms with van der Waals surface area (Å²) in [6, 6.07) is 15.8. The van der Waals surface area contributed by atoms with Crippen molar-refractivity contribution in [3.8, 4) is 0 Å². The zero-order valence-corrected chi connectivity index (χ0v) is 25.7. The Morgan fingerprint density at radius 1 is 0.854 bits per heavy atom. The van der Waals surface area contributed by atoms with E-state index in [0.717, 1.165) is 35.3 Å². The summed E-state index contributed by atoms with van der Waals surface area (Å²) in [5, 5.41) is 22.2. The van der Waals surface area contributed by atoms with Gasteiger partial charge in [0.15, 0.2) is 0 Å². The number of benzene rings is 2. The maximum Gasteiger partial charge on any atom is 0.290 e. The number of carbonyl (C=O) groups is 1. The summed E-state index contributed by atoms with van der Waals surface area (Å²) in [5.41, 5.74) is 3.82. The number of hydrogen-bond donors (Lipinski definition) is 1. The fraction of sp³-hybridized carbons (Fsp3) is 0.545. The number of carbonyl (C=O) groups excluding carboxylic acids is 1. The highest BCUT2D eigenvalue weighted by Crippen LogP contribution is 2.32. The van der Waals surface area contributed by atoms with Crippen LogP contribution in [0.4, 0.5) is 17.3 Å². The van der Waals surface area contributed by atoms with Crippen LogP contribution in [0.15, 0.2) is 53.6 Å². The number of anilines is 3. The van der Waals surface area contributed by atoms with Crippen molar-refractivity contribution in [1.82, 2.24) is 20.2 Å². The van der Waals surface area contributed by atoms with Crippen LogP contribution in [0, 0.1) is 0 Å². The number of tetrazole rings is 1. The first-order valence-corrected chi connectivity index (χ1v) is 15.5. The van der Waals surface area contributed by atoms with Crippen molar-refractivity contribution in [1.29, 1.82) is 0 Å². The number of para-hydroxylation sites is 2. The van der Waals surface area contributed by atoms with Gasteiger partial charge in [-0.2, -0.15) is 14.9 Å². The molecule has 1 N–H and O–H groups in total. The van der Waals surface area contributed by atoms with Crippen LogP contribution in [0.5, 0.6) is 0 Å². The number of hydrazone groups is 1. The molecule has 8 nitrogen and oxygen atoms in total. The first-order valence-electron chi connectivity index (χ1n) is 15.5. The van der Waals surface area contributed by atoms with Gasteiger partial charge in [-0.25, -0.2) is 0 Å². The molecule has 0 fully saturated rings. The third-order valence-electron chi connectivity index (χ3n) is 7.26. The van der Waals surface area contributed by atoms with Crippen molar-refractivity contribution in [3.63, 3.8) is 0 Å². The molecule has 41 heavy (non-hydrogen) atoms. The van der Waals surface area contributed by atoms with Crippen molar-refractivity contribution in [3.05, 3.63) is 59.7 Å². The molecule has 3 rings (SSSR count). The third kappa shape index (κ3) is 10.4. The second-order valence-corrected chi connectivity index (χ2v) is 11.4. The van der Waals surface area contributed by atoms with E-state index in [9.17, 15) is 4.79 Å².